The topological polar surface area (TPSA) is 53.3 Å². The molecule has 100 valence electrons. The predicted molar refractivity (Wildman–Crippen MR) is 70.1 cm³/mol. The summed E-state index contributed by atoms with van der Waals surface area (Å²) in [7, 11) is 0. The fourth-order valence-electron chi connectivity index (χ4n) is 1.88. The van der Waals surface area contributed by atoms with Gasteiger partial charge in [-0.25, -0.2) is 4.79 Å². The number of hydrogen-bond donors (Lipinski definition) is 0. The summed E-state index contributed by atoms with van der Waals surface area (Å²) in [6.07, 6.45) is 4.74. The van der Waals surface area contributed by atoms with E-state index in [0.717, 1.165) is 0 Å². The summed E-state index contributed by atoms with van der Waals surface area (Å²) in [5.74, 6) is 0.478. The zero-order valence-electron chi connectivity index (χ0n) is 11.1. The fraction of sp³-hybridized carbons (Fsp3) is 0.692. The van der Waals surface area contributed by atoms with Gasteiger partial charge < -0.3 is 4.74 Å². The van der Waals surface area contributed by atoms with E-state index in [4.69, 9.17) is 16.3 Å². The molecule has 1 rings (SSSR count). The lowest BCUT2D eigenvalue weighted by atomic mass is 9.92. The van der Waals surface area contributed by atoms with Gasteiger partial charge in [-0.2, -0.15) is 5.26 Å². The van der Waals surface area contributed by atoms with Crippen molar-refractivity contribution in [3.63, 3.8) is 0 Å². The van der Waals surface area contributed by atoms with Crippen molar-refractivity contribution < 1.29 is 9.53 Å². The largest absolute Gasteiger partial charge is 0.443 e. The van der Waals surface area contributed by atoms with E-state index in [1.165, 1.54) is 4.90 Å². The molecule has 0 N–H and O–H groups in total. The standard InChI is InChI=1S/C13H19ClN2O2/c1-12(2,3)18-11(17)16-9-5-7-13(16,10-15)6-4-8-14/h5,9H,4,6-8H2,1-3H3. The van der Waals surface area contributed by atoms with Crippen LogP contribution in [0.5, 0.6) is 0 Å². The highest BCUT2D eigenvalue weighted by Gasteiger charge is 2.42. The molecule has 5 heteroatoms. The van der Waals surface area contributed by atoms with E-state index >= 15 is 0 Å². The van der Waals surface area contributed by atoms with Gasteiger partial charge in [0.1, 0.15) is 11.1 Å². The van der Waals surface area contributed by atoms with Crippen LogP contribution in [-0.4, -0.2) is 28.0 Å². The minimum Gasteiger partial charge on any atom is -0.443 e. The molecular formula is C13H19ClN2O2. The van der Waals surface area contributed by atoms with Crippen LogP contribution >= 0.6 is 11.6 Å². The number of hydrogen-bond acceptors (Lipinski definition) is 3. The number of rotatable bonds is 3. The quantitative estimate of drug-likeness (QED) is 0.739. The van der Waals surface area contributed by atoms with E-state index in [-0.39, 0.29) is 0 Å². The van der Waals surface area contributed by atoms with Crippen LogP contribution in [0.4, 0.5) is 4.79 Å². The Hall–Kier alpha value is -1.21. The van der Waals surface area contributed by atoms with Crippen molar-refractivity contribution in [1.82, 2.24) is 4.90 Å². The molecule has 0 fully saturated rings. The first-order chi connectivity index (χ1) is 8.34. The number of carbonyl (C=O) groups is 1. The van der Waals surface area contributed by atoms with Crippen LogP contribution in [0.25, 0.3) is 0 Å². The van der Waals surface area contributed by atoms with Gasteiger partial charge in [0.25, 0.3) is 0 Å². The van der Waals surface area contributed by atoms with E-state index in [1.807, 2.05) is 6.08 Å². The summed E-state index contributed by atoms with van der Waals surface area (Å²) >= 11 is 5.67. The number of halogens is 1. The Morgan fingerprint density at radius 3 is 2.78 bits per heavy atom. The smallest absolute Gasteiger partial charge is 0.415 e. The van der Waals surface area contributed by atoms with E-state index in [0.29, 0.717) is 25.1 Å². The highest BCUT2D eigenvalue weighted by atomic mass is 35.5. The molecule has 0 radical (unpaired) electrons. The first-order valence-corrected chi connectivity index (χ1v) is 6.54. The Bertz CT molecular complexity index is 381. The average Bonchev–Trinajstić information content (AvgIpc) is 2.68. The van der Waals surface area contributed by atoms with Crippen LogP contribution in [-0.2, 0) is 4.74 Å². The molecule has 0 saturated carbocycles. The summed E-state index contributed by atoms with van der Waals surface area (Å²) in [5.41, 5.74) is -1.40. The Kier molecular flexibility index (Phi) is 4.64. The molecule has 1 aliphatic rings. The van der Waals surface area contributed by atoms with Gasteiger partial charge in [0.2, 0.25) is 0 Å². The molecule has 0 aromatic rings. The molecule has 0 bridgehead atoms. The maximum absolute atomic E-state index is 12.1. The van der Waals surface area contributed by atoms with Crippen molar-refractivity contribution in [1.29, 1.82) is 5.26 Å². The van der Waals surface area contributed by atoms with Crippen LogP contribution in [0.15, 0.2) is 12.3 Å². The lowest BCUT2D eigenvalue weighted by molar-refractivity contribution is 0.0216. The van der Waals surface area contributed by atoms with E-state index < -0.39 is 17.2 Å². The third-order valence-electron chi connectivity index (χ3n) is 2.69. The first-order valence-electron chi connectivity index (χ1n) is 6.01. The van der Waals surface area contributed by atoms with Crippen LogP contribution < -0.4 is 0 Å². The van der Waals surface area contributed by atoms with E-state index in [2.05, 4.69) is 6.07 Å². The Balaban J connectivity index is 2.82. The second kappa shape index (κ2) is 5.62. The molecule has 4 nitrogen and oxygen atoms in total. The highest BCUT2D eigenvalue weighted by molar-refractivity contribution is 6.17. The minimum atomic E-state index is -0.836. The Morgan fingerprint density at radius 2 is 2.28 bits per heavy atom. The zero-order chi connectivity index (χ0) is 13.8. The molecule has 1 amide bonds. The van der Waals surface area contributed by atoms with E-state index in [9.17, 15) is 10.1 Å². The van der Waals surface area contributed by atoms with E-state index in [1.54, 1.807) is 27.0 Å². The number of alkyl halides is 1. The van der Waals surface area contributed by atoms with Crippen molar-refractivity contribution >= 4 is 17.7 Å². The van der Waals surface area contributed by atoms with Gasteiger partial charge in [-0.3, -0.25) is 4.90 Å². The van der Waals surface area contributed by atoms with Crippen LogP contribution in [0.3, 0.4) is 0 Å². The van der Waals surface area contributed by atoms with Crippen LogP contribution in [0.1, 0.15) is 40.0 Å². The van der Waals surface area contributed by atoms with Gasteiger partial charge in [0, 0.05) is 18.5 Å². The molecule has 0 aliphatic carbocycles. The second-order valence-corrected chi connectivity index (χ2v) is 5.75. The molecule has 1 atom stereocenters. The number of ether oxygens (including phenoxy) is 1. The summed E-state index contributed by atoms with van der Waals surface area (Å²) in [5, 5.41) is 9.38. The average molecular weight is 271 g/mol. The predicted octanol–water partition coefficient (Wildman–Crippen LogP) is 3.42. The van der Waals surface area contributed by atoms with Gasteiger partial charge in [-0.1, -0.05) is 6.08 Å². The number of carbonyl (C=O) groups excluding carboxylic acids is 1. The van der Waals surface area contributed by atoms with Crippen molar-refractivity contribution in [2.24, 2.45) is 0 Å². The monoisotopic (exact) mass is 270 g/mol. The van der Waals surface area contributed by atoms with Gasteiger partial charge in [0.15, 0.2) is 0 Å². The van der Waals surface area contributed by atoms with Gasteiger partial charge >= 0.3 is 6.09 Å². The summed E-state index contributed by atoms with van der Waals surface area (Å²) < 4.78 is 5.31. The van der Waals surface area contributed by atoms with Gasteiger partial charge in [-0.05, 0) is 33.6 Å². The maximum Gasteiger partial charge on any atom is 0.415 e. The summed E-state index contributed by atoms with van der Waals surface area (Å²) in [6, 6.07) is 2.23. The van der Waals surface area contributed by atoms with Crippen molar-refractivity contribution in [2.45, 2.75) is 51.2 Å². The second-order valence-electron chi connectivity index (χ2n) is 5.38. The molecule has 0 spiro atoms. The highest BCUT2D eigenvalue weighted by Crippen LogP contribution is 2.32. The number of amides is 1. The minimum absolute atomic E-state index is 0.478. The van der Waals surface area contributed by atoms with Crippen molar-refractivity contribution in [2.75, 3.05) is 5.88 Å². The third kappa shape index (κ3) is 3.39. The van der Waals surface area contributed by atoms with Gasteiger partial charge in [-0.15, -0.1) is 11.6 Å². The fourth-order valence-corrected chi connectivity index (χ4v) is 2.01. The third-order valence-corrected chi connectivity index (χ3v) is 2.96. The lowest BCUT2D eigenvalue weighted by Crippen LogP contribution is -2.47. The van der Waals surface area contributed by atoms with Crippen molar-refractivity contribution in [3.05, 3.63) is 12.3 Å². The first kappa shape index (κ1) is 14.8. The molecule has 1 heterocycles. The lowest BCUT2D eigenvalue weighted by Gasteiger charge is -2.33. The van der Waals surface area contributed by atoms with Crippen LogP contribution in [0, 0.1) is 11.3 Å². The molecule has 1 unspecified atom stereocenters. The SMILES string of the molecule is CC(C)(C)OC(=O)N1C=CCC1(C#N)CCCCl. The Morgan fingerprint density at radius 1 is 1.61 bits per heavy atom. The molecule has 1 aliphatic heterocycles. The Labute approximate surface area is 113 Å². The number of nitriles is 1. The zero-order valence-corrected chi connectivity index (χ0v) is 11.8. The molecule has 0 aromatic heterocycles. The summed E-state index contributed by atoms with van der Waals surface area (Å²) in [4.78, 5) is 13.5. The maximum atomic E-state index is 12.1. The molecule has 18 heavy (non-hydrogen) atoms. The van der Waals surface area contributed by atoms with Gasteiger partial charge in [0.05, 0.1) is 6.07 Å². The normalized spacial score (nSPS) is 22.9. The van der Waals surface area contributed by atoms with Crippen LogP contribution in [0.2, 0.25) is 0 Å². The van der Waals surface area contributed by atoms with Crippen molar-refractivity contribution in [3.8, 4) is 6.07 Å². The molecule has 0 saturated heterocycles. The number of nitrogens with zero attached hydrogens (tertiary/aromatic N) is 2. The summed E-state index contributed by atoms with van der Waals surface area (Å²) in [6.45, 7) is 5.41. The molecule has 0 aromatic carbocycles. The molecular weight excluding hydrogens is 252 g/mol.